The number of allylic oxidation sites excluding steroid dienone is 1. The molecule has 0 aliphatic heterocycles. The van der Waals surface area contributed by atoms with E-state index in [0.29, 0.717) is 0 Å². The van der Waals surface area contributed by atoms with E-state index in [2.05, 4.69) is 29.1 Å². The van der Waals surface area contributed by atoms with Gasteiger partial charge in [0.25, 0.3) is 0 Å². The zero-order valence-corrected chi connectivity index (χ0v) is 8.40. The minimum atomic E-state index is 0.872. The number of fused-ring (bicyclic) bond motifs is 1. The van der Waals surface area contributed by atoms with Crippen LogP contribution in [0.2, 0.25) is 0 Å². The third-order valence-electron chi connectivity index (χ3n) is 2.42. The summed E-state index contributed by atoms with van der Waals surface area (Å²) in [6, 6.07) is 8.16. The summed E-state index contributed by atoms with van der Waals surface area (Å²) in [6.45, 7) is 7.00. The van der Waals surface area contributed by atoms with Crippen molar-refractivity contribution in [3.63, 3.8) is 0 Å². The molecule has 0 aliphatic rings. The van der Waals surface area contributed by atoms with Gasteiger partial charge in [-0.1, -0.05) is 31.2 Å². The van der Waals surface area contributed by atoms with Gasteiger partial charge in [-0.2, -0.15) is 0 Å². The van der Waals surface area contributed by atoms with E-state index in [1.807, 2.05) is 24.5 Å². The van der Waals surface area contributed by atoms with Gasteiger partial charge in [0.05, 0.1) is 17.4 Å². The van der Waals surface area contributed by atoms with E-state index in [1.165, 1.54) is 11.1 Å². The molecule has 14 heavy (non-hydrogen) atoms. The van der Waals surface area contributed by atoms with E-state index in [9.17, 15) is 0 Å². The monoisotopic (exact) mass is 186 g/mol. The van der Waals surface area contributed by atoms with Crippen LogP contribution in [0.3, 0.4) is 0 Å². The first-order valence-corrected chi connectivity index (χ1v) is 4.87. The van der Waals surface area contributed by atoms with Crippen LogP contribution in [0.25, 0.3) is 11.0 Å². The molecule has 72 valence electrons. The van der Waals surface area contributed by atoms with E-state index >= 15 is 0 Å². The maximum absolute atomic E-state index is 4.33. The van der Waals surface area contributed by atoms with Crippen LogP contribution in [0.5, 0.6) is 0 Å². The van der Waals surface area contributed by atoms with Gasteiger partial charge in [0.1, 0.15) is 0 Å². The molecule has 1 heterocycles. The molecule has 0 aliphatic carbocycles. The smallest absolute Gasteiger partial charge is 0.0961 e. The lowest BCUT2D eigenvalue weighted by Crippen LogP contribution is -1.97. The molecule has 0 radical (unpaired) electrons. The van der Waals surface area contributed by atoms with Gasteiger partial charge in [-0.3, -0.25) is 0 Å². The molecule has 0 spiro atoms. The molecule has 2 heteroatoms. The molecule has 1 aromatic carbocycles. The molecule has 0 amide bonds. The van der Waals surface area contributed by atoms with Gasteiger partial charge in [-0.05, 0) is 18.6 Å². The zero-order valence-electron chi connectivity index (χ0n) is 8.40. The molecule has 2 nitrogen and oxygen atoms in total. The first-order valence-electron chi connectivity index (χ1n) is 4.87. The number of hydrogen-bond donors (Lipinski definition) is 0. The van der Waals surface area contributed by atoms with Gasteiger partial charge in [0.2, 0.25) is 0 Å². The van der Waals surface area contributed by atoms with Crippen LogP contribution in [0, 0.1) is 0 Å². The molecule has 1 aromatic heterocycles. The van der Waals surface area contributed by atoms with E-state index in [0.717, 1.165) is 18.5 Å². The Kier molecular flexibility index (Phi) is 2.35. The molecule has 0 N–H and O–H groups in total. The Balaban J connectivity index is 2.38. The van der Waals surface area contributed by atoms with Crippen molar-refractivity contribution in [2.45, 2.75) is 19.9 Å². The van der Waals surface area contributed by atoms with E-state index in [-0.39, 0.29) is 0 Å². The Morgan fingerprint density at radius 3 is 3.00 bits per heavy atom. The number of aromatic nitrogens is 2. The third kappa shape index (κ3) is 1.55. The van der Waals surface area contributed by atoms with Crippen molar-refractivity contribution in [2.24, 2.45) is 0 Å². The highest BCUT2D eigenvalue weighted by atomic mass is 15.0. The topological polar surface area (TPSA) is 17.8 Å². The van der Waals surface area contributed by atoms with Crippen molar-refractivity contribution >= 4 is 11.0 Å². The number of benzene rings is 1. The van der Waals surface area contributed by atoms with E-state index in [1.54, 1.807) is 0 Å². The summed E-state index contributed by atoms with van der Waals surface area (Å²) in [5, 5.41) is 0. The molecule has 2 rings (SSSR count). The predicted octanol–water partition coefficient (Wildman–Crippen LogP) is 3.00. The van der Waals surface area contributed by atoms with Crippen LogP contribution in [-0.4, -0.2) is 9.55 Å². The SMILES string of the molecule is C=C(CC)Cn1cnc2ccccc21. The second-order valence-corrected chi connectivity index (χ2v) is 3.46. The van der Waals surface area contributed by atoms with Crippen molar-refractivity contribution in [3.05, 3.63) is 42.7 Å². The lowest BCUT2D eigenvalue weighted by Gasteiger charge is -2.04. The van der Waals surface area contributed by atoms with Crippen LogP contribution in [0.4, 0.5) is 0 Å². The highest BCUT2D eigenvalue weighted by Crippen LogP contribution is 2.13. The minimum absolute atomic E-state index is 0.872. The summed E-state index contributed by atoms with van der Waals surface area (Å²) in [7, 11) is 0. The first-order chi connectivity index (χ1) is 6.81. The summed E-state index contributed by atoms with van der Waals surface area (Å²) in [4.78, 5) is 4.33. The maximum Gasteiger partial charge on any atom is 0.0961 e. The Hall–Kier alpha value is -1.57. The normalized spacial score (nSPS) is 10.6. The van der Waals surface area contributed by atoms with E-state index in [4.69, 9.17) is 0 Å². The van der Waals surface area contributed by atoms with Gasteiger partial charge in [-0.25, -0.2) is 4.98 Å². The molecular weight excluding hydrogens is 172 g/mol. The molecular formula is C12H14N2. The van der Waals surface area contributed by atoms with Crippen LogP contribution >= 0.6 is 0 Å². The van der Waals surface area contributed by atoms with Gasteiger partial charge >= 0.3 is 0 Å². The van der Waals surface area contributed by atoms with Gasteiger partial charge in [0.15, 0.2) is 0 Å². The number of nitrogens with zero attached hydrogens (tertiary/aromatic N) is 2. The number of rotatable bonds is 3. The highest BCUT2D eigenvalue weighted by molar-refractivity contribution is 5.74. The molecule has 2 aromatic rings. The quantitative estimate of drug-likeness (QED) is 0.674. The summed E-state index contributed by atoms with van der Waals surface area (Å²) >= 11 is 0. The third-order valence-corrected chi connectivity index (χ3v) is 2.42. The minimum Gasteiger partial charge on any atom is -0.326 e. The Morgan fingerprint density at radius 2 is 2.21 bits per heavy atom. The van der Waals surface area contributed by atoms with Crippen LogP contribution < -0.4 is 0 Å². The second kappa shape index (κ2) is 3.66. The molecule has 0 bridgehead atoms. The van der Waals surface area contributed by atoms with Crippen molar-refractivity contribution in [2.75, 3.05) is 0 Å². The molecule has 0 saturated heterocycles. The largest absolute Gasteiger partial charge is 0.326 e. The van der Waals surface area contributed by atoms with Crippen molar-refractivity contribution < 1.29 is 0 Å². The Bertz CT molecular complexity index is 454. The number of imidazole rings is 1. The van der Waals surface area contributed by atoms with Crippen LogP contribution in [-0.2, 0) is 6.54 Å². The highest BCUT2D eigenvalue weighted by Gasteiger charge is 2.01. The summed E-state index contributed by atoms with van der Waals surface area (Å²) in [5.41, 5.74) is 3.46. The molecule has 0 unspecified atom stereocenters. The van der Waals surface area contributed by atoms with Crippen LogP contribution in [0.15, 0.2) is 42.7 Å². The maximum atomic E-state index is 4.33. The van der Waals surface area contributed by atoms with E-state index < -0.39 is 0 Å². The average Bonchev–Trinajstić information content (AvgIpc) is 2.62. The fourth-order valence-electron chi connectivity index (χ4n) is 1.49. The number of hydrogen-bond acceptors (Lipinski definition) is 1. The summed E-state index contributed by atoms with van der Waals surface area (Å²) in [5.74, 6) is 0. The lowest BCUT2D eigenvalue weighted by molar-refractivity contribution is 0.781. The molecule has 0 fully saturated rings. The predicted molar refractivity (Wildman–Crippen MR) is 59.2 cm³/mol. The van der Waals surface area contributed by atoms with Crippen molar-refractivity contribution in [3.8, 4) is 0 Å². The van der Waals surface area contributed by atoms with Gasteiger partial charge in [0, 0.05) is 6.54 Å². The average molecular weight is 186 g/mol. The van der Waals surface area contributed by atoms with Crippen LogP contribution in [0.1, 0.15) is 13.3 Å². The summed E-state index contributed by atoms with van der Waals surface area (Å²) in [6.07, 6.45) is 2.90. The van der Waals surface area contributed by atoms with Crippen molar-refractivity contribution in [1.29, 1.82) is 0 Å². The zero-order chi connectivity index (χ0) is 9.97. The fraction of sp³-hybridized carbons (Fsp3) is 0.250. The lowest BCUT2D eigenvalue weighted by atomic mass is 10.2. The second-order valence-electron chi connectivity index (χ2n) is 3.46. The standard InChI is InChI=1S/C12H14N2/c1-3-10(2)8-14-9-13-11-6-4-5-7-12(11)14/h4-7,9H,2-3,8H2,1H3. The Morgan fingerprint density at radius 1 is 1.43 bits per heavy atom. The van der Waals surface area contributed by atoms with Crippen molar-refractivity contribution in [1.82, 2.24) is 9.55 Å². The molecule has 0 atom stereocenters. The first kappa shape index (κ1) is 9.00. The molecule has 0 saturated carbocycles. The fourth-order valence-corrected chi connectivity index (χ4v) is 1.49. The Labute approximate surface area is 83.9 Å². The van der Waals surface area contributed by atoms with Gasteiger partial charge < -0.3 is 4.57 Å². The number of para-hydroxylation sites is 2. The summed E-state index contributed by atoms with van der Waals surface area (Å²) < 4.78 is 2.14. The van der Waals surface area contributed by atoms with Gasteiger partial charge in [-0.15, -0.1) is 0 Å².